The van der Waals surface area contributed by atoms with E-state index in [4.69, 9.17) is 11.6 Å². The molecule has 0 bridgehead atoms. The molecule has 2 rings (SSSR count). The van der Waals surface area contributed by atoms with Gasteiger partial charge in [0, 0.05) is 22.9 Å². The second kappa shape index (κ2) is 6.83. The minimum absolute atomic E-state index is 0.625. The zero-order valence-electron chi connectivity index (χ0n) is 11.2. The van der Waals surface area contributed by atoms with Crippen LogP contribution in [-0.4, -0.2) is 23.6 Å². The van der Waals surface area contributed by atoms with Crippen LogP contribution in [0.4, 0.5) is 0 Å². The van der Waals surface area contributed by atoms with Gasteiger partial charge in [0.2, 0.25) is 0 Å². The summed E-state index contributed by atoms with van der Waals surface area (Å²) in [4.78, 5) is 0. The largest absolute Gasteiger partial charge is 0.311 e. The van der Waals surface area contributed by atoms with E-state index in [9.17, 15) is 0 Å². The van der Waals surface area contributed by atoms with Gasteiger partial charge in [-0.3, -0.25) is 0 Å². The summed E-state index contributed by atoms with van der Waals surface area (Å²) < 4.78 is 0. The van der Waals surface area contributed by atoms with E-state index < -0.39 is 0 Å². The van der Waals surface area contributed by atoms with Gasteiger partial charge in [0.25, 0.3) is 0 Å². The fourth-order valence-corrected chi connectivity index (χ4v) is 3.42. The Morgan fingerprint density at radius 3 is 2.89 bits per heavy atom. The van der Waals surface area contributed by atoms with E-state index in [1.807, 2.05) is 17.8 Å². The monoisotopic (exact) mass is 283 g/mol. The average Bonchev–Trinajstić information content (AvgIpc) is 2.30. The fourth-order valence-electron chi connectivity index (χ4n) is 2.53. The highest BCUT2D eigenvalue weighted by Crippen LogP contribution is 2.37. The van der Waals surface area contributed by atoms with Crippen molar-refractivity contribution in [1.82, 2.24) is 5.32 Å². The van der Waals surface area contributed by atoms with Gasteiger partial charge < -0.3 is 5.32 Å². The van der Waals surface area contributed by atoms with Crippen LogP contribution in [0.5, 0.6) is 0 Å². The first-order valence-corrected chi connectivity index (χ1v) is 8.31. The summed E-state index contributed by atoms with van der Waals surface area (Å²) in [6.07, 6.45) is 2.50. The third-order valence-corrected chi connectivity index (χ3v) is 4.93. The van der Waals surface area contributed by atoms with Crippen molar-refractivity contribution < 1.29 is 0 Å². The van der Waals surface area contributed by atoms with E-state index >= 15 is 0 Å². The van der Waals surface area contributed by atoms with Gasteiger partial charge in [0.05, 0.1) is 0 Å². The van der Waals surface area contributed by atoms with Gasteiger partial charge in [-0.25, -0.2) is 0 Å². The number of nitrogens with one attached hydrogen (secondary N) is 1. The molecule has 1 fully saturated rings. The first-order chi connectivity index (χ1) is 8.69. The molecule has 3 heteroatoms. The molecule has 1 atom stereocenters. The molecule has 1 aliphatic carbocycles. The molecule has 0 saturated heterocycles. The van der Waals surface area contributed by atoms with Crippen LogP contribution < -0.4 is 5.32 Å². The Balaban J connectivity index is 1.73. The third-order valence-electron chi connectivity index (χ3n) is 3.55. The van der Waals surface area contributed by atoms with Crippen LogP contribution in [0, 0.1) is 0 Å². The average molecular weight is 284 g/mol. The van der Waals surface area contributed by atoms with E-state index in [1.165, 1.54) is 29.9 Å². The van der Waals surface area contributed by atoms with E-state index in [2.05, 4.69) is 37.4 Å². The Kier molecular flexibility index (Phi) is 5.40. The highest BCUT2D eigenvalue weighted by molar-refractivity contribution is 7.99. The number of halogens is 1. The molecule has 1 saturated carbocycles. The molecule has 0 aliphatic heterocycles. The van der Waals surface area contributed by atoms with Gasteiger partial charge in [0.15, 0.2) is 0 Å². The van der Waals surface area contributed by atoms with E-state index in [0.717, 1.165) is 5.02 Å². The van der Waals surface area contributed by atoms with Gasteiger partial charge in [-0.05, 0) is 49.1 Å². The second-order valence-corrected chi connectivity index (χ2v) is 6.90. The SMILES string of the molecule is CCSCC(C)NC1CC(c2cccc(Cl)c2)C1. The molecule has 1 aliphatic rings. The Labute approximate surface area is 120 Å². The van der Waals surface area contributed by atoms with Gasteiger partial charge in [0.1, 0.15) is 0 Å². The standard InChI is InChI=1S/C15H22ClNS/c1-3-18-10-11(2)17-15-8-13(9-15)12-5-4-6-14(16)7-12/h4-7,11,13,15,17H,3,8-10H2,1-2H3. The van der Waals surface area contributed by atoms with Crippen LogP contribution in [0.1, 0.15) is 38.2 Å². The molecule has 1 aromatic rings. The number of hydrogen-bond donors (Lipinski definition) is 1. The summed E-state index contributed by atoms with van der Waals surface area (Å²) in [6, 6.07) is 9.63. The van der Waals surface area contributed by atoms with Crippen molar-refractivity contribution in [3.05, 3.63) is 34.9 Å². The van der Waals surface area contributed by atoms with E-state index in [-0.39, 0.29) is 0 Å². The van der Waals surface area contributed by atoms with E-state index in [0.29, 0.717) is 18.0 Å². The molecule has 0 spiro atoms. The maximum Gasteiger partial charge on any atom is 0.0408 e. The minimum atomic E-state index is 0.625. The highest BCUT2D eigenvalue weighted by atomic mass is 35.5. The smallest absolute Gasteiger partial charge is 0.0408 e. The Morgan fingerprint density at radius 1 is 1.44 bits per heavy atom. The predicted octanol–water partition coefficient (Wildman–Crippen LogP) is 4.32. The quantitative estimate of drug-likeness (QED) is 0.835. The topological polar surface area (TPSA) is 12.0 Å². The summed E-state index contributed by atoms with van der Waals surface area (Å²) >= 11 is 8.04. The first kappa shape index (κ1) is 14.2. The zero-order chi connectivity index (χ0) is 13.0. The fraction of sp³-hybridized carbons (Fsp3) is 0.600. The Hall–Kier alpha value is -0.180. The summed E-state index contributed by atoms with van der Waals surface area (Å²) in [7, 11) is 0. The summed E-state index contributed by atoms with van der Waals surface area (Å²) in [5, 5.41) is 4.57. The van der Waals surface area contributed by atoms with Gasteiger partial charge >= 0.3 is 0 Å². The van der Waals surface area contributed by atoms with Crippen molar-refractivity contribution in [2.75, 3.05) is 11.5 Å². The molecule has 1 aromatic carbocycles. The number of thioether (sulfide) groups is 1. The van der Waals surface area contributed by atoms with Crippen LogP contribution in [0.2, 0.25) is 5.02 Å². The molecule has 1 N–H and O–H groups in total. The van der Waals surface area contributed by atoms with E-state index in [1.54, 1.807) is 0 Å². The molecule has 18 heavy (non-hydrogen) atoms. The zero-order valence-corrected chi connectivity index (χ0v) is 12.7. The van der Waals surface area contributed by atoms with Crippen LogP contribution in [0.3, 0.4) is 0 Å². The maximum absolute atomic E-state index is 6.03. The molecular weight excluding hydrogens is 262 g/mol. The molecule has 1 unspecified atom stereocenters. The molecule has 100 valence electrons. The van der Waals surface area contributed by atoms with Crippen molar-refractivity contribution in [2.24, 2.45) is 0 Å². The summed E-state index contributed by atoms with van der Waals surface area (Å²) in [6.45, 7) is 4.51. The molecule has 1 nitrogen and oxygen atoms in total. The predicted molar refractivity (Wildman–Crippen MR) is 82.8 cm³/mol. The normalized spacial score (nSPS) is 24.6. The number of benzene rings is 1. The van der Waals surface area contributed by atoms with Gasteiger partial charge in [-0.1, -0.05) is 30.7 Å². The molecular formula is C15H22ClNS. The number of hydrogen-bond acceptors (Lipinski definition) is 2. The van der Waals surface area contributed by atoms with Crippen molar-refractivity contribution in [1.29, 1.82) is 0 Å². The molecule has 0 aromatic heterocycles. The lowest BCUT2D eigenvalue weighted by molar-refractivity contribution is 0.276. The van der Waals surface area contributed by atoms with Crippen molar-refractivity contribution in [2.45, 2.75) is 44.7 Å². The lowest BCUT2D eigenvalue weighted by atomic mass is 9.75. The highest BCUT2D eigenvalue weighted by Gasteiger charge is 2.30. The first-order valence-electron chi connectivity index (χ1n) is 6.78. The molecule has 0 radical (unpaired) electrons. The molecule has 0 heterocycles. The van der Waals surface area contributed by atoms with Gasteiger partial charge in [-0.15, -0.1) is 0 Å². The lowest BCUT2D eigenvalue weighted by Gasteiger charge is -2.38. The number of rotatable bonds is 6. The Morgan fingerprint density at radius 2 is 2.22 bits per heavy atom. The van der Waals surface area contributed by atoms with Crippen LogP contribution in [0.15, 0.2) is 24.3 Å². The van der Waals surface area contributed by atoms with Crippen molar-refractivity contribution in [3.63, 3.8) is 0 Å². The van der Waals surface area contributed by atoms with Crippen LogP contribution in [0.25, 0.3) is 0 Å². The molecule has 0 amide bonds. The Bertz CT molecular complexity index is 377. The van der Waals surface area contributed by atoms with Crippen molar-refractivity contribution >= 4 is 23.4 Å². The van der Waals surface area contributed by atoms with Crippen molar-refractivity contribution in [3.8, 4) is 0 Å². The minimum Gasteiger partial charge on any atom is -0.311 e. The van der Waals surface area contributed by atoms with Crippen LogP contribution in [-0.2, 0) is 0 Å². The summed E-state index contributed by atoms with van der Waals surface area (Å²) in [5.41, 5.74) is 1.40. The second-order valence-electron chi connectivity index (χ2n) is 5.15. The third kappa shape index (κ3) is 3.91. The lowest BCUT2D eigenvalue weighted by Crippen LogP contribution is -2.45. The van der Waals surface area contributed by atoms with Crippen LogP contribution >= 0.6 is 23.4 Å². The maximum atomic E-state index is 6.03. The van der Waals surface area contributed by atoms with Gasteiger partial charge in [-0.2, -0.15) is 11.8 Å². The summed E-state index contributed by atoms with van der Waals surface area (Å²) in [5.74, 6) is 3.13.